The zero-order valence-corrected chi connectivity index (χ0v) is 21.6. The lowest BCUT2D eigenvalue weighted by molar-refractivity contribution is -0.131. The maximum absolute atomic E-state index is 14.7. The number of anilines is 1. The van der Waals surface area contributed by atoms with Crippen LogP contribution in [0.1, 0.15) is 60.0 Å². The van der Waals surface area contributed by atoms with Gasteiger partial charge in [-0.2, -0.15) is 0 Å². The highest BCUT2D eigenvalue weighted by Crippen LogP contribution is 2.37. The van der Waals surface area contributed by atoms with Gasteiger partial charge in [-0.3, -0.25) is 14.5 Å². The summed E-state index contributed by atoms with van der Waals surface area (Å²) in [6, 6.07) is 15.4. The molecule has 2 fully saturated rings. The van der Waals surface area contributed by atoms with Crippen LogP contribution in [0.2, 0.25) is 0 Å². The van der Waals surface area contributed by atoms with Gasteiger partial charge >= 0.3 is 0 Å². The third kappa shape index (κ3) is 5.14. The van der Waals surface area contributed by atoms with Crippen LogP contribution in [0.15, 0.2) is 48.5 Å². The van der Waals surface area contributed by atoms with Crippen molar-refractivity contribution in [2.75, 3.05) is 32.1 Å². The van der Waals surface area contributed by atoms with Crippen LogP contribution in [0.25, 0.3) is 0 Å². The lowest BCUT2D eigenvalue weighted by Crippen LogP contribution is -2.66. The first kappa shape index (κ1) is 25.4. The largest absolute Gasteiger partial charge is 0.347 e. The van der Waals surface area contributed by atoms with Crippen LogP contribution >= 0.6 is 0 Å². The smallest absolute Gasteiger partial charge is 0.251 e. The summed E-state index contributed by atoms with van der Waals surface area (Å²) in [5.41, 5.74) is 3.29. The fourth-order valence-corrected chi connectivity index (χ4v) is 5.95. The Labute approximate surface area is 210 Å². The minimum atomic E-state index is -0.564. The fourth-order valence-electron chi connectivity index (χ4n) is 5.95. The van der Waals surface area contributed by atoms with Crippen LogP contribution in [0.4, 0.5) is 5.69 Å². The molecule has 0 bridgehead atoms. The maximum atomic E-state index is 14.7. The number of nitrogens with one attached hydrogen (secondary N) is 2. The first-order valence-corrected chi connectivity index (χ1v) is 13.0. The summed E-state index contributed by atoms with van der Waals surface area (Å²) in [6.45, 7) is 5.83. The monoisotopic (exact) mass is 476 g/mol. The lowest BCUT2D eigenvalue weighted by atomic mass is 9.82. The van der Waals surface area contributed by atoms with E-state index < -0.39 is 5.54 Å². The van der Waals surface area contributed by atoms with Crippen molar-refractivity contribution in [2.45, 2.75) is 70.0 Å². The van der Waals surface area contributed by atoms with Crippen molar-refractivity contribution in [3.8, 4) is 0 Å². The minimum Gasteiger partial charge on any atom is -0.347 e. The Kier molecular flexibility index (Phi) is 7.92. The van der Waals surface area contributed by atoms with Crippen molar-refractivity contribution < 1.29 is 9.59 Å². The highest BCUT2D eigenvalue weighted by atomic mass is 16.2. The number of hydrogen-bond acceptors (Lipinski definition) is 4. The molecule has 1 aliphatic heterocycles. The standard InChI is InChI=1S/C29H40N4O2/c1-21-11-10-12-22(2)26(21)33(28(35)29(32(3)4)17-19-30-20-18-29)25-16-9-8-15-24(25)31-27(34)23-13-6-5-7-14-23/h5-7,10-14,24-25,30H,8-9,15-20H2,1-4H3,(H,31,34)/t24-,25-/m1/s1. The van der Waals surface area contributed by atoms with Gasteiger partial charge in [-0.1, -0.05) is 49.2 Å². The normalized spacial score (nSPS) is 22.0. The van der Waals surface area contributed by atoms with Crippen molar-refractivity contribution in [1.29, 1.82) is 0 Å². The van der Waals surface area contributed by atoms with Crippen molar-refractivity contribution >= 4 is 17.5 Å². The van der Waals surface area contributed by atoms with Gasteiger partial charge in [0, 0.05) is 17.3 Å². The maximum Gasteiger partial charge on any atom is 0.251 e. The van der Waals surface area contributed by atoms with Crippen LogP contribution in [-0.2, 0) is 4.79 Å². The van der Waals surface area contributed by atoms with Gasteiger partial charge in [0.05, 0.1) is 6.04 Å². The third-order valence-electron chi connectivity index (χ3n) is 8.00. The number of para-hydroxylation sites is 1. The van der Waals surface area contributed by atoms with Gasteiger partial charge in [0.15, 0.2) is 0 Å². The highest BCUT2D eigenvalue weighted by Gasteiger charge is 2.48. The molecule has 35 heavy (non-hydrogen) atoms. The molecule has 0 spiro atoms. The molecule has 2 aromatic carbocycles. The Balaban J connectivity index is 1.76. The summed E-state index contributed by atoms with van der Waals surface area (Å²) >= 11 is 0. The molecule has 6 nitrogen and oxygen atoms in total. The molecule has 6 heteroatoms. The molecule has 188 valence electrons. The second kappa shape index (κ2) is 10.9. The van der Waals surface area contributed by atoms with Gasteiger partial charge in [0.2, 0.25) is 5.91 Å². The second-order valence-electron chi connectivity index (χ2n) is 10.4. The molecule has 2 aromatic rings. The molecule has 0 unspecified atom stereocenters. The SMILES string of the molecule is Cc1cccc(C)c1N(C(=O)C1(N(C)C)CCNCC1)[C@@H]1CCCC[C@H]1NC(=O)c1ccccc1. The average molecular weight is 477 g/mol. The van der Waals surface area contributed by atoms with Gasteiger partial charge in [-0.15, -0.1) is 0 Å². The zero-order chi connectivity index (χ0) is 25.0. The van der Waals surface area contributed by atoms with E-state index in [1.165, 1.54) is 0 Å². The van der Waals surface area contributed by atoms with Crippen LogP contribution in [0.3, 0.4) is 0 Å². The van der Waals surface area contributed by atoms with Crippen LogP contribution in [-0.4, -0.2) is 61.5 Å². The number of carbonyl (C=O) groups excluding carboxylic acids is 2. The molecule has 2 N–H and O–H groups in total. The quantitative estimate of drug-likeness (QED) is 0.660. The molecule has 2 amide bonds. The predicted octanol–water partition coefficient (Wildman–Crippen LogP) is 4.06. The van der Waals surface area contributed by atoms with Gasteiger partial charge in [0.25, 0.3) is 5.91 Å². The average Bonchev–Trinajstić information content (AvgIpc) is 2.87. The number of rotatable bonds is 6. The number of likely N-dealkylation sites (N-methyl/N-ethyl adjacent to an activating group) is 1. The Morgan fingerprint density at radius 3 is 2.17 bits per heavy atom. The first-order valence-electron chi connectivity index (χ1n) is 13.0. The molecule has 1 saturated heterocycles. The highest BCUT2D eigenvalue weighted by molar-refractivity contribution is 6.02. The number of benzene rings is 2. The first-order chi connectivity index (χ1) is 16.8. The summed E-state index contributed by atoms with van der Waals surface area (Å²) in [5.74, 6) is 0.0906. The Hall–Kier alpha value is -2.70. The molecule has 2 atom stereocenters. The number of amides is 2. The van der Waals surface area contributed by atoms with Gasteiger partial charge in [-0.05, 0) is 90.0 Å². The molecule has 2 aliphatic rings. The second-order valence-corrected chi connectivity index (χ2v) is 10.4. The zero-order valence-electron chi connectivity index (χ0n) is 21.6. The fraction of sp³-hybridized carbons (Fsp3) is 0.517. The third-order valence-corrected chi connectivity index (χ3v) is 8.00. The Morgan fingerprint density at radius 1 is 0.914 bits per heavy atom. The molecule has 4 rings (SSSR count). The van der Waals surface area contributed by atoms with E-state index >= 15 is 0 Å². The number of carbonyl (C=O) groups is 2. The van der Waals surface area contributed by atoms with Crippen LogP contribution in [0.5, 0.6) is 0 Å². The van der Waals surface area contributed by atoms with E-state index in [0.717, 1.165) is 68.4 Å². The summed E-state index contributed by atoms with van der Waals surface area (Å²) in [5, 5.41) is 6.74. The van der Waals surface area contributed by atoms with E-state index in [9.17, 15) is 9.59 Å². The topological polar surface area (TPSA) is 64.7 Å². The van der Waals surface area contributed by atoms with E-state index in [0.29, 0.717) is 5.56 Å². The Morgan fingerprint density at radius 2 is 1.54 bits per heavy atom. The van der Waals surface area contributed by atoms with Gasteiger partial charge in [0.1, 0.15) is 5.54 Å². The lowest BCUT2D eigenvalue weighted by Gasteiger charge is -2.49. The van der Waals surface area contributed by atoms with E-state index in [2.05, 4.69) is 52.5 Å². The number of hydrogen-bond donors (Lipinski definition) is 2. The van der Waals surface area contributed by atoms with Crippen molar-refractivity contribution in [2.24, 2.45) is 0 Å². The van der Waals surface area contributed by atoms with Crippen molar-refractivity contribution in [1.82, 2.24) is 15.5 Å². The molecular weight excluding hydrogens is 436 g/mol. The number of nitrogens with zero attached hydrogens (tertiary/aromatic N) is 2. The number of piperidine rings is 1. The van der Waals surface area contributed by atoms with Gasteiger partial charge in [-0.25, -0.2) is 0 Å². The van der Waals surface area contributed by atoms with Crippen molar-refractivity contribution in [3.05, 3.63) is 65.2 Å². The number of aryl methyl sites for hydroxylation is 2. The Bertz CT molecular complexity index is 1010. The van der Waals surface area contributed by atoms with Gasteiger partial charge < -0.3 is 15.5 Å². The minimum absolute atomic E-state index is 0.0689. The van der Waals surface area contributed by atoms with E-state index in [1.54, 1.807) is 0 Å². The summed E-state index contributed by atoms with van der Waals surface area (Å²) in [4.78, 5) is 32.1. The predicted molar refractivity (Wildman–Crippen MR) is 142 cm³/mol. The van der Waals surface area contributed by atoms with E-state index in [-0.39, 0.29) is 23.9 Å². The van der Waals surface area contributed by atoms with Crippen LogP contribution < -0.4 is 15.5 Å². The van der Waals surface area contributed by atoms with E-state index in [4.69, 9.17) is 0 Å². The molecule has 0 radical (unpaired) electrons. The summed E-state index contributed by atoms with van der Waals surface area (Å²) < 4.78 is 0. The molecule has 1 saturated carbocycles. The molecule has 1 heterocycles. The summed E-state index contributed by atoms with van der Waals surface area (Å²) in [7, 11) is 4.06. The molecule has 0 aromatic heterocycles. The summed E-state index contributed by atoms with van der Waals surface area (Å²) in [6.07, 6.45) is 5.39. The van der Waals surface area contributed by atoms with Crippen molar-refractivity contribution in [3.63, 3.8) is 0 Å². The van der Waals surface area contributed by atoms with Crippen LogP contribution in [0, 0.1) is 13.8 Å². The van der Waals surface area contributed by atoms with E-state index in [1.807, 2.05) is 44.4 Å². The molecular formula is C29H40N4O2. The molecule has 1 aliphatic carbocycles.